The Bertz CT molecular complexity index is 1140. The Balaban J connectivity index is 1.43. The Kier molecular flexibility index (Phi) is 7.35. The summed E-state index contributed by atoms with van der Waals surface area (Å²) in [5.41, 5.74) is 6.21. The van der Waals surface area contributed by atoms with Crippen molar-refractivity contribution in [1.29, 1.82) is 0 Å². The van der Waals surface area contributed by atoms with E-state index in [0.717, 1.165) is 10.8 Å². The first-order chi connectivity index (χ1) is 16.3. The third kappa shape index (κ3) is 5.66. The number of nitrogens with two attached hydrogens (primary N) is 1. The van der Waals surface area contributed by atoms with Crippen LogP contribution in [0.3, 0.4) is 0 Å². The maximum Gasteiger partial charge on any atom is 0.239 e. The fourth-order valence-corrected chi connectivity index (χ4v) is 4.75. The molecule has 0 saturated carbocycles. The van der Waals surface area contributed by atoms with Crippen molar-refractivity contribution < 1.29 is 14.0 Å². The highest BCUT2D eigenvalue weighted by molar-refractivity contribution is 7.13. The number of carbonyl (C=O) groups excluding carboxylic acids is 2. The van der Waals surface area contributed by atoms with Gasteiger partial charge in [0.15, 0.2) is 11.6 Å². The van der Waals surface area contributed by atoms with Gasteiger partial charge in [0.2, 0.25) is 11.8 Å². The van der Waals surface area contributed by atoms with Crippen LogP contribution in [0.15, 0.2) is 34.2 Å². The van der Waals surface area contributed by atoms with Gasteiger partial charge in [-0.25, -0.2) is 15.0 Å². The van der Waals surface area contributed by atoms with Gasteiger partial charge in [-0.05, 0) is 25.0 Å². The van der Waals surface area contributed by atoms with Crippen LogP contribution in [-0.4, -0.2) is 75.3 Å². The predicted molar refractivity (Wildman–Crippen MR) is 130 cm³/mol. The van der Waals surface area contributed by atoms with Gasteiger partial charge in [-0.3, -0.25) is 19.4 Å². The van der Waals surface area contributed by atoms with Gasteiger partial charge >= 0.3 is 0 Å². The van der Waals surface area contributed by atoms with Crippen LogP contribution in [0.5, 0.6) is 0 Å². The SMILES string of the molecule is Cc1ccc(-c2nc(NC(=O)CN3CCN(C(C(N)=O)C(C)C)CC3)cc(-c3nccs3)n2)o1. The number of hydrogen-bond acceptors (Lipinski definition) is 9. The van der Waals surface area contributed by atoms with E-state index in [1.54, 1.807) is 18.3 Å². The summed E-state index contributed by atoms with van der Waals surface area (Å²) in [6.45, 7) is 8.78. The number of aromatic nitrogens is 3. The standard InChI is InChI=1S/C23H29N7O3S/c1-14(2)20(21(24)32)30-9-7-29(8-10-30)13-19(31)27-18-12-16(23-25-6-11-34-23)26-22(28-18)17-5-4-15(3)33-17/h4-6,11-12,14,20H,7-10,13H2,1-3H3,(H2,24,32)(H,26,27,28,31). The van der Waals surface area contributed by atoms with E-state index in [1.165, 1.54) is 11.3 Å². The average Bonchev–Trinajstić information content (AvgIpc) is 3.46. The smallest absolute Gasteiger partial charge is 0.239 e. The minimum atomic E-state index is -0.302. The van der Waals surface area contributed by atoms with Gasteiger partial charge in [0, 0.05) is 43.8 Å². The van der Waals surface area contributed by atoms with Crippen molar-refractivity contribution in [3.05, 3.63) is 35.5 Å². The largest absolute Gasteiger partial charge is 0.458 e. The number of nitrogens with zero attached hydrogens (tertiary/aromatic N) is 5. The molecular formula is C23H29N7O3S. The second-order valence-corrected chi connectivity index (χ2v) is 9.56. The van der Waals surface area contributed by atoms with E-state index in [2.05, 4.69) is 30.1 Å². The topological polar surface area (TPSA) is 130 Å². The average molecular weight is 484 g/mol. The number of piperazine rings is 1. The first kappa shape index (κ1) is 24.0. The fourth-order valence-electron chi connectivity index (χ4n) is 4.15. The number of rotatable bonds is 8. The molecule has 11 heteroatoms. The van der Waals surface area contributed by atoms with Gasteiger partial charge in [-0.2, -0.15) is 0 Å². The molecule has 1 fully saturated rings. The Morgan fingerprint density at radius 3 is 2.56 bits per heavy atom. The second-order valence-electron chi connectivity index (χ2n) is 8.66. The van der Waals surface area contributed by atoms with E-state index < -0.39 is 0 Å². The summed E-state index contributed by atoms with van der Waals surface area (Å²) >= 11 is 1.46. The number of nitrogens with one attached hydrogen (secondary N) is 1. The van der Waals surface area contributed by atoms with Gasteiger partial charge in [-0.15, -0.1) is 11.3 Å². The number of carbonyl (C=O) groups is 2. The lowest BCUT2D eigenvalue weighted by molar-refractivity contribution is -0.126. The third-order valence-corrected chi connectivity index (χ3v) is 6.49. The van der Waals surface area contributed by atoms with Crippen LogP contribution in [0, 0.1) is 12.8 Å². The van der Waals surface area contributed by atoms with Crippen LogP contribution in [0.4, 0.5) is 5.82 Å². The molecule has 180 valence electrons. The molecule has 3 aromatic heterocycles. The molecule has 34 heavy (non-hydrogen) atoms. The maximum atomic E-state index is 12.8. The summed E-state index contributed by atoms with van der Waals surface area (Å²) in [7, 11) is 0. The van der Waals surface area contributed by atoms with Crippen molar-refractivity contribution >= 4 is 29.0 Å². The Hall–Kier alpha value is -3.15. The zero-order valence-corrected chi connectivity index (χ0v) is 20.3. The maximum absolute atomic E-state index is 12.8. The molecule has 0 aliphatic carbocycles. The molecule has 1 atom stereocenters. The molecule has 4 heterocycles. The summed E-state index contributed by atoms with van der Waals surface area (Å²) in [6, 6.07) is 5.07. The summed E-state index contributed by atoms with van der Waals surface area (Å²) in [5, 5.41) is 5.49. The summed E-state index contributed by atoms with van der Waals surface area (Å²) in [6.07, 6.45) is 1.71. The molecule has 3 N–H and O–H groups in total. The minimum Gasteiger partial charge on any atom is -0.458 e. The molecule has 4 rings (SSSR count). The molecule has 1 aliphatic heterocycles. The summed E-state index contributed by atoms with van der Waals surface area (Å²) in [4.78, 5) is 42.2. The van der Waals surface area contributed by atoms with Crippen LogP contribution < -0.4 is 11.1 Å². The zero-order valence-electron chi connectivity index (χ0n) is 19.5. The summed E-state index contributed by atoms with van der Waals surface area (Å²) < 4.78 is 5.69. The predicted octanol–water partition coefficient (Wildman–Crippen LogP) is 2.23. The molecule has 2 amide bonds. The first-order valence-corrected chi connectivity index (χ1v) is 12.1. The molecule has 10 nitrogen and oxygen atoms in total. The van der Waals surface area contributed by atoms with Gasteiger partial charge in [0.1, 0.15) is 22.3 Å². The highest BCUT2D eigenvalue weighted by Crippen LogP contribution is 2.26. The Labute approximate surface area is 202 Å². The van der Waals surface area contributed by atoms with Gasteiger partial charge in [0.25, 0.3) is 0 Å². The van der Waals surface area contributed by atoms with E-state index in [9.17, 15) is 9.59 Å². The molecule has 3 aromatic rings. The highest BCUT2D eigenvalue weighted by Gasteiger charge is 2.30. The van der Waals surface area contributed by atoms with E-state index in [4.69, 9.17) is 10.2 Å². The number of primary amides is 1. The number of furan rings is 1. The molecule has 1 aliphatic rings. The molecule has 0 bridgehead atoms. The van der Waals surface area contributed by atoms with Crippen LogP contribution in [0.25, 0.3) is 22.3 Å². The van der Waals surface area contributed by atoms with Crippen molar-refractivity contribution in [3.8, 4) is 22.3 Å². The lowest BCUT2D eigenvalue weighted by Gasteiger charge is -2.39. The molecular weight excluding hydrogens is 454 g/mol. The van der Waals surface area contributed by atoms with E-state index in [0.29, 0.717) is 49.3 Å². The van der Waals surface area contributed by atoms with Crippen molar-refractivity contribution in [2.75, 3.05) is 38.0 Å². The summed E-state index contributed by atoms with van der Waals surface area (Å²) in [5.74, 6) is 1.72. The molecule has 0 spiro atoms. The number of hydrogen-bond donors (Lipinski definition) is 2. The number of anilines is 1. The zero-order chi connectivity index (χ0) is 24.2. The minimum absolute atomic E-state index is 0.143. The van der Waals surface area contributed by atoms with Crippen LogP contribution in [0.2, 0.25) is 0 Å². The monoisotopic (exact) mass is 483 g/mol. The lowest BCUT2D eigenvalue weighted by atomic mass is 10.0. The van der Waals surface area contributed by atoms with Crippen LogP contribution in [-0.2, 0) is 9.59 Å². The quantitative estimate of drug-likeness (QED) is 0.499. The highest BCUT2D eigenvalue weighted by atomic mass is 32.1. The van der Waals surface area contributed by atoms with E-state index in [-0.39, 0.29) is 30.3 Å². The van der Waals surface area contributed by atoms with Crippen LogP contribution in [0.1, 0.15) is 19.6 Å². The van der Waals surface area contributed by atoms with E-state index >= 15 is 0 Å². The second kappa shape index (κ2) is 10.4. The fraction of sp³-hybridized carbons (Fsp3) is 0.435. The molecule has 1 saturated heterocycles. The van der Waals surface area contributed by atoms with Crippen molar-refractivity contribution in [3.63, 3.8) is 0 Å². The number of thiazole rings is 1. The third-order valence-electron chi connectivity index (χ3n) is 5.70. The Morgan fingerprint density at radius 2 is 1.97 bits per heavy atom. The van der Waals surface area contributed by atoms with Crippen molar-refractivity contribution in [1.82, 2.24) is 24.8 Å². The van der Waals surface area contributed by atoms with Gasteiger partial charge < -0.3 is 15.5 Å². The normalized spacial score (nSPS) is 16.0. The Morgan fingerprint density at radius 1 is 1.21 bits per heavy atom. The number of amides is 2. The number of aryl methyl sites for hydroxylation is 1. The van der Waals surface area contributed by atoms with Crippen LogP contribution >= 0.6 is 11.3 Å². The van der Waals surface area contributed by atoms with Gasteiger partial charge in [0.05, 0.1) is 12.6 Å². The van der Waals surface area contributed by atoms with Crippen molar-refractivity contribution in [2.24, 2.45) is 11.7 Å². The molecule has 1 unspecified atom stereocenters. The molecule has 0 radical (unpaired) electrons. The van der Waals surface area contributed by atoms with E-state index in [1.807, 2.05) is 32.2 Å². The lowest BCUT2D eigenvalue weighted by Crippen LogP contribution is -2.56. The van der Waals surface area contributed by atoms with Crippen molar-refractivity contribution in [2.45, 2.75) is 26.8 Å². The molecule has 0 aromatic carbocycles. The van der Waals surface area contributed by atoms with Gasteiger partial charge in [-0.1, -0.05) is 13.8 Å². The first-order valence-electron chi connectivity index (χ1n) is 11.2.